The molecule has 0 amide bonds. The number of hydrogen-bond donors (Lipinski definition) is 0. The highest BCUT2D eigenvalue weighted by Gasteiger charge is 2.24. The molecule has 1 rings (SSSR count). The molecule has 0 N–H and O–H groups in total. The lowest BCUT2D eigenvalue weighted by Gasteiger charge is -2.38. The molecule has 1 unspecified atom stereocenters. The molecule has 3 atom stereocenters. The Kier molecular flexibility index (Phi) is 4.85. The van der Waals surface area contributed by atoms with Crippen LogP contribution in [0.25, 0.3) is 0 Å². The number of hydrogen-bond acceptors (Lipinski definition) is 3. The first-order valence-electron chi connectivity index (χ1n) is 5.60. The Balaban J connectivity index is 2.33. The first-order valence-corrected chi connectivity index (χ1v) is 5.60. The highest BCUT2D eigenvalue weighted by atomic mass is 16.5. The summed E-state index contributed by atoms with van der Waals surface area (Å²) in [7, 11) is 0. The third-order valence-corrected chi connectivity index (χ3v) is 2.68. The SMILES string of the molecule is CCOC(C)CN1C[C@@H](C)OC[C@H]1C. The molecular weight excluding hydrogens is 178 g/mol. The van der Waals surface area contributed by atoms with E-state index in [9.17, 15) is 0 Å². The van der Waals surface area contributed by atoms with Crippen LogP contribution in [0.15, 0.2) is 0 Å². The molecule has 1 fully saturated rings. The third kappa shape index (κ3) is 3.56. The molecule has 84 valence electrons. The second kappa shape index (κ2) is 5.69. The van der Waals surface area contributed by atoms with Gasteiger partial charge in [-0.15, -0.1) is 0 Å². The van der Waals surface area contributed by atoms with Crippen LogP contribution in [0, 0.1) is 0 Å². The number of rotatable bonds is 4. The lowest BCUT2D eigenvalue weighted by Crippen LogP contribution is -2.49. The number of nitrogens with zero attached hydrogens (tertiary/aromatic N) is 1. The Labute approximate surface area is 87.4 Å². The maximum atomic E-state index is 5.58. The van der Waals surface area contributed by atoms with E-state index in [-0.39, 0.29) is 0 Å². The molecule has 0 aromatic rings. The summed E-state index contributed by atoms with van der Waals surface area (Å²) in [5, 5.41) is 0. The lowest BCUT2D eigenvalue weighted by molar-refractivity contribution is -0.0670. The zero-order chi connectivity index (χ0) is 10.6. The minimum atomic E-state index is 0.327. The molecule has 3 heteroatoms. The van der Waals surface area contributed by atoms with Gasteiger partial charge in [0.25, 0.3) is 0 Å². The zero-order valence-electron chi connectivity index (χ0n) is 9.82. The van der Waals surface area contributed by atoms with Crippen molar-refractivity contribution >= 4 is 0 Å². The molecule has 0 radical (unpaired) electrons. The maximum absolute atomic E-state index is 5.58. The van der Waals surface area contributed by atoms with Crippen molar-refractivity contribution in [3.63, 3.8) is 0 Å². The summed E-state index contributed by atoms with van der Waals surface area (Å²) in [5.74, 6) is 0. The van der Waals surface area contributed by atoms with Crippen LogP contribution in [0.2, 0.25) is 0 Å². The van der Waals surface area contributed by atoms with Gasteiger partial charge in [0.2, 0.25) is 0 Å². The molecule has 1 saturated heterocycles. The summed E-state index contributed by atoms with van der Waals surface area (Å²) >= 11 is 0. The summed E-state index contributed by atoms with van der Waals surface area (Å²) in [6, 6.07) is 0.522. The van der Waals surface area contributed by atoms with Gasteiger partial charge in [-0.3, -0.25) is 4.90 Å². The molecule has 0 saturated carbocycles. The van der Waals surface area contributed by atoms with E-state index in [1.54, 1.807) is 0 Å². The Morgan fingerprint density at radius 3 is 2.86 bits per heavy atom. The molecule has 1 aliphatic heterocycles. The Bertz CT molecular complexity index is 163. The first kappa shape index (κ1) is 12.0. The van der Waals surface area contributed by atoms with E-state index < -0.39 is 0 Å². The monoisotopic (exact) mass is 201 g/mol. The van der Waals surface area contributed by atoms with E-state index in [1.165, 1.54) is 0 Å². The molecule has 3 nitrogen and oxygen atoms in total. The minimum Gasteiger partial charge on any atom is -0.377 e. The lowest BCUT2D eigenvalue weighted by atomic mass is 10.2. The molecule has 0 aromatic heterocycles. The largest absolute Gasteiger partial charge is 0.377 e. The van der Waals surface area contributed by atoms with E-state index in [2.05, 4.69) is 25.7 Å². The van der Waals surface area contributed by atoms with Crippen LogP contribution in [-0.4, -0.2) is 49.5 Å². The Hall–Kier alpha value is -0.120. The minimum absolute atomic E-state index is 0.327. The van der Waals surface area contributed by atoms with Gasteiger partial charge in [0.1, 0.15) is 0 Å². The van der Waals surface area contributed by atoms with E-state index in [4.69, 9.17) is 9.47 Å². The van der Waals surface area contributed by atoms with Crippen molar-refractivity contribution in [2.24, 2.45) is 0 Å². The highest BCUT2D eigenvalue weighted by molar-refractivity contribution is 4.76. The average Bonchev–Trinajstić information content (AvgIpc) is 2.12. The van der Waals surface area contributed by atoms with Crippen molar-refractivity contribution in [1.82, 2.24) is 4.90 Å². The molecule has 0 bridgehead atoms. The fraction of sp³-hybridized carbons (Fsp3) is 1.00. The summed E-state index contributed by atoms with van der Waals surface area (Å²) in [6.45, 7) is 12.2. The molecule has 1 aliphatic rings. The molecule has 0 aliphatic carbocycles. The normalized spacial score (nSPS) is 31.7. The highest BCUT2D eigenvalue weighted by Crippen LogP contribution is 2.12. The molecular formula is C11H23NO2. The predicted molar refractivity (Wildman–Crippen MR) is 57.5 cm³/mol. The quantitative estimate of drug-likeness (QED) is 0.688. The molecule has 14 heavy (non-hydrogen) atoms. The van der Waals surface area contributed by atoms with E-state index in [0.29, 0.717) is 18.2 Å². The standard InChI is InChI=1S/C11H23NO2/c1-5-13-10(3)6-12-7-11(4)14-8-9(12)2/h9-11H,5-8H2,1-4H3/t9-,10?,11-/m1/s1. The van der Waals surface area contributed by atoms with E-state index in [1.807, 2.05) is 6.92 Å². The van der Waals surface area contributed by atoms with E-state index in [0.717, 1.165) is 26.3 Å². The zero-order valence-corrected chi connectivity index (χ0v) is 9.82. The summed E-state index contributed by atoms with van der Waals surface area (Å²) in [6.07, 6.45) is 0.688. The van der Waals surface area contributed by atoms with E-state index >= 15 is 0 Å². The summed E-state index contributed by atoms with van der Waals surface area (Å²) in [4.78, 5) is 2.45. The van der Waals surface area contributed by atoms with Gasteiger partial charge in [0.15, 0.2) is 0 Å². The summed E-state index contributed by atoms with van der Waals surface area (Å²) in [5.41, 5.74) is 0. The maximum Gasteiger partial charge on any atom is 0.0674 e. The smallest absolute Gasteiger partial charge is 0.0674 e. The van der Waals surface area contributed by atoms with Gasteiger partial charge in [-0.05, 0) is 27.7 Å². The van der Waals surface area contributed by atoms with Crippen LogP contribution >= 0.6 is 0 Å². The molecule has 1 heterocycles. The van der Waals surface area contributed by atoms with Gasteiger partial charge in [-0.1, -0.05) is 0 Å². The Morgan fingerprint density at radius 2 is 2.21 bits per heavy atom. The number of morpholine rings is 1. The topological polar surface area (TPSA) is 21.7 Å². The van der Waals surface area contributed by atoms with Crippen LogP contribution < -0.4 is 0 Å². The van der Waals surface area contributed by atoms with Crippen molar-refractivity contribution in [2.75, 3.05) is 26.3 Å². The Morgan fingerprint density at radius 1 is 1.50 bits per heavy atom. The fourth-order valence-electron chi connectivity index (χ4n) is 1.89. The van der Waals surface area contributed by atoms with Crippen LogP contribution in [0.5, 0.6) is 0 Å². The van der Waals surface area contributed by atoms with Gasteiger partial charge >= 0.3 is 0 Å². The third-order valence-electron chi connectivity index (χ3n) is 2.68. The van der Waals surface area contributed by atoms with Crippen molar-refractivity contribution in [1.29, 1.82) is 0 Å². The van der Waals surface area contributed by atoms with Crippen molar-refractivity contribution in [2.45, 2.75) is 45.9 Å². The van der Waals surface area contributed by atoms with Crippen molar-refractivity contribution in [3.05, 3.63) is 0 Å². The van der Waals surface area contributed by atoms with Gasteiger partial charge in [0, 0.05) is 25.7 Å². The fourth-order valence-corrected chi connectivity index (χ4v) is 1.89. The van der Waals surface area contributed by atoms with Crippen LogP contribution in [0.3, 0.4) is 0 Å². The van der Waals surface area contributed by atoms with Crippen molar-refractivity contribution in [3.8, 4) is 0 Å². The van der Waals surface area contributed by atoms with Gasteiger partial charge in [-0.25, -0.2) is 0 Å². The van der Waals surface area contributed by atoms with Crippen LogP contribution in [0.4, 0.5) is 0 Å². The first-order chi connectivity index (χ1) is 6.63. The average molecular weight is 201 g/mol. The van der Waals surface area contributed by atoms with Gasteiger partial charge in [-0.2, -0.15) is 0 Å². The molecule has 0 spiro atoms. The van der Waals surface area contributed by atoms with Crippen molar-refractivity contribution < 1.29 is 9.47 Å². The van der Waals surface area contributed by atoms with Crippen LogP contribution in [0.1, 0.15) is 27.7 Å². The van der Waals surface area contributed by atoms with Crippen LogP contribution in [-0.2, 0) is 9.47 Å². The summed E-state index contributed by atoms with van der Waals surface area (Å²) < 4.78 is 11.1. The second-order valence-electron chi connectivity index (χ2n) is 4.21. The number of ether oxygens (including phenoxy) is 2. The second-order valence-corrected chi connectivity index (χ2v) is 4.21. The van der Waals surface area contributed by atoms with Gasteiger partial charge < -0.3 is 9.47 Å². The molecule has 0 aromatic carbocycles. The predicted octanol–water partition coefficient (Wildman–Crippen LogP) is 1.52. The van der Waals surface area contributed by atoms with Gasteiger partial charge in [0.05, 0.1) is 18.8 Å².